The minimum atomic E-state index is -0.0115. The van der Waals surface area contributed by atoms with Gasteiger partial charge in [-0.1, -0.05) is 26.0 Å². The standard InChI is InChI=1S/C23H30N6O/c1-17(2)14-28-6-8-29(9-7-28)16-23(30)26-22-11-20-10-18(4-5-19(20)12-24-22)21-13-25-27(3)15-21/h4-5,10-13,15,17H,6-9,14,16H2,1-3H3,(H,24,26,30). The summed E-state index contributed by atoms with van der Waals surface area (Å²) in [6, 6.07) is 8.16. The number of nitrogens with zero attached hydrogens (tertiary/aromatic N) is 5. The summed E-state index contributed by atoms with van der Waals surface area (Å²) in [5, 5.41) is 9.30. The Labute approximate surface area is 177 Å². The van der Waals surface area contributed by atoms with E-state index in [1.54, 1.807) is 4.68 Å². The average molecular weight is 407 g/mol. The molecule has 0 saturated carbocycles. The maximum Gasteiger partial charge on any atom is 0.239 e. The SMILES string of the molecule is CC(C)CN1CCN(CC(=O)Nc2cc3cc(-c4cnn(C)c4)ccc3cn2)CC1. The van der Waals surface area contributed by atoms with Crippen molar-refractivity contribution >= 4 is 22.5 Å². The summed E-state index contributed by atoms with van der Waals surface area (Å²) in [7, 11) is 1.91. The Hall–Kier alpha value is -2.77. The summed E-state index contributed by atoms with van der Waals surface area (Å²) < 4.78 is 1.79. The van der Waals surface area contributed by atoms with Crippen LogP contribution in [-0.2, 0) is 11.8 Å². The number of fused-ring (bicyclic) bond motifs is 1. The third-order valence-electron chi connectivity index (χ3n) is 5.48. The molecule has 1 fully saturated rings. The molecule has 1 N–H and O–H groups in total. The minimum absolute atomic E-state index is 0.0115. The number of benzene rings is 1. The van der Waals surface area contributed by atoms with Gasteiger partial charge in [-0.3, -0.25) is 14.4 Å². The van der Waals surface area contributed by atoms with E-state index in [-0.39, 0.29) is 5.91 Å². The Bertz CT molecular complexity index is 1020. The van der Waals surface area contributed by atoms with Crippen molar-refractivity contribution in [2.24, 2.45) is 13.0 Å². The number of rotatable bonds is 6. The Morgan fingerprint density at radius 1 is 1.03 bits per heavy atom. The number of hydrogen-bond donors (Lipinski definition) is 1. The molecule has 7 nitrogen and oxygen atoms in total. The van der Waals surface area contributed by atoms with Gasteiger partial charge in [-0.15, -0.1) is 0 Å². The number of piperazine rings is 1. The summed E-state index contributed by atoms with van der Waals surface area (Å²) in [6.45, 7) is 9.94. The molecule has 7 heteroatoms. The lowest BCUT2D eigenvalue weighted by Gasteiger charge is -2.35. The molecule has 0 radical (unpaired) electrons. The number of aryl methyl sites for hydroxylation is 1. The molecule has 1 aliphatic rings. The van der Waals surface area contributed by atoms with E-state index in [2.05, 4.69) is 51.2 Å². The molecular weight excluding hydrogens is 376 g/mol. The third-order valence-corrected chi connectivity index (χ3v) is 5.48. The summed E-state index contributed by atoms with van der Waals surface area (Å²) in [5.41, 5.74) is 2.16. The van der Waals surface area contributed by atoms with Crippen LogP contribution in [0.25, 0.3) is 21.9 Å². The summed E-state index contributed by atoms with van der Waals surface area (Å²) in [5.74, 6) is 1.26. The molecule has 0 spiro atoms. The fourth-order valence-electron chi connectivity index (χ4n) is 3.99. The first kappa shape index (κ1) is 20.5. The zero-order chi connectivity index (χ0) is 21.1. The van der Waals surface area contributed by atoms with Crippen molar-refractivity contribution < 1.29 is 4.79 Å². The highest BCUT2D eigenvalue weighted by Crippen LogP contribution is 2.25. The highest BCUT2D eigenvalue weighted by molar-refractivity contribution is 5.94. The van der Waals surface area contributed by atoms with Gasteiger partial charge in [0.25, 0.3) is 0 Å². The van der Waals surface area contributed by atoms with Crippen molar-refractivity contribution in [2.75, 3.05) is 44.6 Å². The van der Waals surface area contributed by atoms with Crippen LogP contribution in [0.4, 0.5) is 5.82 Å². The summed E-state index contributed by atoms with van der Waals surface area (Å²) >= 11 is 0. The molecule has 1 aromatic carbocycles. The highest BCUT2D eigenvalue weighted by Gasteiger charge is 2.19. The summed E-state index contributed by atoms with van der Waals surface area (Å²) in [6.07, 6.45) is 5.65. The molecule has 0 bridgehead atoms. The van der Waals surface area contributed by atoms with Crippen LogP contribution >= 0.6 is 0 Å². The highest BCUT2D eigenvalue weighted by atomic mass is 16.2. The first-order valence-corrected chi connectivity index (χ1v) is 10.6. The van der Waals surface area contributed by atoms with E-state index in [1.165, 1.54) is 0 Å². The van der Waals surface area contributed by atoms with Crippen molar-refractivity contribution in [1.82, 2.24) is 24.6 Å². The van der Waals surface area contributed by atoms with Crippen LogP contribution in [0.15, 0.2) is 42.9 Å². The number of anilines is 1. The van der Waals surface area contributed by atoms with Crippen molar-refractivity contribution in [2.45, 2.75) is 13.8 Å². The molecule has 0 aliphatic carbocycles. The normalized spacial score (nSPS) is 15.7. The van der Waals surface area contributed by atoms with Crippen LogP contribution in [0.1, 0.15) is 13.8 Å². The largest absolute Gasteiger partial charge is 0.310 e. The Kier molecular flexibility index (Phi) is 6.11. The zero-order valence-electron chi connectivity index (χ0n) is 18.0. The van der Waals surface area contributed by atoms with Crippen molar-refractivity contribution in [3.8, 4) is 11.1 Å². The van der Waals surface area contributed by atoms with Gasteiger partial charge >= 0.3 is 0 Å². The third kappa shape index (κ3) is 5.04. The number of carbonyl (C=O) groups excluding carboxylic acids is 1. The minimum Gasteiger partial charge on any atom is -0.310 e. The molecule has 3 heterocycles. The van der Waals surface area contributed by atoms with Crippen molar-refractivity contribution in [3.63, 3.8) is 0 Å². The van der Waals surface area contributed by atoms with Gasteiger partial charge in [-0.25, -0.2) is 4.98 Å². The second-order valence-electron chi connectivity index (χ2n) is 8.55. The van der Waals surface area contributed by atoms with Gasteiger partial charge in [-0.05, 0) is 29.0 Å². The van der Waals surface area contributed by atoms with Crippen LogP contribution in [-0.4, -0.2) is 69.7 Å². The fourth-order valence-corrected chi connectivity index (χ4v) is 3.99. The Morgan fingerprint density at radius 3 is 2.50 bits per heavy atom. The molecule has 30 heavy (non-hydrogen) atoms. The molecule has 1 saturated heterocycles. The molecule has 1 aliphatic heterocycles. The number of nitrogens with one attached hydrogen (secondary N) is 1. The number of amides is 1. The van der Waals surface area contributed by atoms with Crippen LogP contribution < -0.4 is 5.32 Å². The molecule has 0 unspecified atom stereocenters. The van der Waals surface area contributed by atoms with E-state index in [4.69, 9.17) is 0 Å². The van der Waals surface area contributed by atoms with Crippen LogP contribution in [0.3, 0.4) is 0 Å². The topological polar surface area (TPSA) is 66.3 Å². The van der Waals surface area contributed by atoms with Gasteiger partial charge in [0.2, 0.25) is 5.91 Å². The van der Waals surface area contributed by atoms with Crippen LogP contribution in [0, 0.1) is 5.92 Å². The predicted molar refractivity (Wildman–Crippen MR) is 120 cm³/mol. The maximum atomic E-state index is 12.5. The van der Waals surface area contributed by atoms with E-state index in [9.17, 15) is 4.79 Å². The number of aromatic nitrogens is 3. The van der Waals surface area contributed by atoms with E-state index in [1.807, 2.05) is 37.8 Å². The zero-order valence-corrected chi connectivity index (χ0v) is 18.0. The molecule has 2 aromatic heterocycles. The summed E-state index contributed by atoms with van der Waals surface area (Å²) in [4.78, 5) is 21.7. The second-order valence-corrected chi connectivity index (χ2v) is 8.55. The van der Waals surface area contributed by atoms with Gasteiger partial charge in [0.15, 0.2) is 0 Å². The van der Waals surface area contributed by atoms with Crippen LogP contribution in [0.2, 0.25) is 0 Å². The van der Waals surface area contributed by atoms with Gasteiger partial charge in [0.1, 0.15) is 5.82 Å². The van der Waals surface area contributed by atoms with Gasteiger partial charge in [-0.2, -0.15) is 5.10 Å². The van der Waals surface area contributed by atoms with Crippen molar-refractivity contribution in [1.29, 1.82) is 0 Å². The predicted octanol–water partition coefficient (Wildman–Crippen LogP) is 2.85. The number of hydrogen-bond acceptors (Lipinski definition) is 5. The fraction of sp³-hybridized carbons (Fsp3) is 0.435. The van der Waals surface area contributed by atoms with Crippen molar-refractivity contribution in [3.05, 3.63) is 42.9 Å². The second kappa shape index (κ2) is 8.93. The van der Waals surface area contributed by atoms with E-state index in [0.29, 0.717) is 18.3 Å². The lowest BCUT2D eigenvalue weighted by molar-refractivity contribution is -0.117. The Morgan fingerprint density at radius 2 is 1.80 bits per heavy atom. The lowest BCUT2D eigenvalue weighted by Crippen LogP contribution is -2.49. The average Bonchev–Trinajstić information content (AvgIpc) is 3.15. The molecule has 3 aromatic rings. The molecular formula is C23H30N6O. The number of pyridine rings is 1. The van der Waals surface area contributed by atoms with E-state index in [0.717, 1.165) is 54.6 Å². The van der Waals surface area contributed by atoms with E-state index >= 15 is 0 Å². The first-order chi connectivity index (χ1) is 14.5. The maximum absolute atomic E-state index is 12.5. The lowest BCUT2D eigenvalue weighted by atomic mass is 10.1. The van der Waals surface area contributed by atoms with Gasteiger partial charge < -0.3 is 10.2 Å². The quantitative estimate of drug-likeness (QED) is 0.682. The number of carbonyl (C=O) groups is 1. The molecule has 158 valence electrons. The van der Waals surface area contributed by atoms with Gasteiger partial charge in [0, 0.05) is 63.1 Å². The smallest absolute Gasteiger partial charge is 0.239 e. The first-order valence-electron chi connectivity index (χ1n) is 10.6. The van der Waals surface area contributed by atoms with Crippen LogP contribution in [0.5, 0.6) is 0 Å². The molecule has 0 atom stereocenters. The molecule has 1 amide bonds. The molecule has 4 rings (SSSR count). The van der Waals surface area contributed by atoms with E-state index < -0.39 is 0 Å². The van der Waals surface area contributed by atoms with Gasteiger partial charge in [0.05, 0.1) is 12.7 Å². The Balaban J connectivity index is 1.38. The monoisotopic (exact) mass is 406 g/mol.